The number of aryl methyl sites for hydroxylation is 3. The quantitative estimate of drug-likeness (QED) is 0.210. The molecule has 0 atom stereocenters. The van der Waals surface area contributed by atoms with Crippen LogP contribution in [0.4, 0.5) is 0 Å². The average molecular weight is 577 g/mol. The van der Waals surface area contributed by atoms with Crippen LogP contribution in [0.3, 0.4) is 0 Å². The first-order chi connectivity index (χ1) is 22.0. The topological polar surface area (TPSA) is 57.4 Å². The van der Waals surface area contributed by atoms with E-state index in [0.29, 0.717) is 11.1 Å². The largest absolute Gasteiger partial charge is 0.308 e. The van der Waals surface area contributed by atoms with Crippen molar-refractivity contribution in [3.63, 3.8) is 0 Å². The van der Waals surface area contributed by atoms with Crippen molar-refractivity contribution < 1.29 is 0 Å². The van der Waals surface area contributed by atoms with Gasteiger partial charge >= 0.3 is 0 Å². The number of aromatic nitrogens is 2. The Hall–Kier alpha value is -6.10. The molecule has 0 amide bonds. The number of benzene rings is 6. The molecular weight excluding hydrogens is 548 g/mol. The van der Waals surface area contributed by atoms with Crippen molar-refractivity contribution in [2.45, 2.75) is 20.8 Å². The molecule has 212 valence electrons. The summed E-state index contributed by atoms with van der Waals surface area (Å²) in [6, 6.07) is 44.9. The SMILES string of the molecule is Cc1ccc2c3ccccc3n(-c3ccc(-c4ccc(C#N)cc4C)c(-n4c5ccccc5c5ccc(C)cc54)c3C#N)c2c1. The van der Waals surface area contributed by atoms with Gasteiger partial charge in [0, 0.05) is 27.1 Å². The van der Waals surface area contributed by atoms with Crippen LogP contribution >= 0.6 is 0 Å². The molecule has 4 nitrogen and oxygen atoms in total. The fourth-order valence-electron chi connectivity index (χ4n) is 7.02. The number of rotatable bonds is 3. The zero-order valence-corrected chi connectivity index (χ0v) is 25.3. The van der Waals surface area contributed by atoms with Gasteiger partial charge in [0.2, 0.25) is 0 Å². The van der Waals surface area contributed by atoms with E-state index in [4.69, 9.17) is 0 Å². The van der Waals surface area contributed by atoms with Gasteiger partial charge in [-0.2, -0.15) is 10.5 Å². The van der Waals surface area contributed by atoms with E-state index in [1.807, 2.05) is 25.1 Å². The molecule has 0 saturated carbocycles. The smallest absolute Gasteiger partial charge is 0.104 e. The molecule has 2 aromatic heterocycles. The lowest BCUT2D eigenvalue weighted by Gasteiger charge is -2.21. The molecule has 2 heterocycles. The second-order valence-electron chi connectivity index (χ2n) is 11.9. The van der Waals surface area contributed by atoms with Crippen molar-refractivity contribution in [2.75, 3.05) is 0 Å². The minimum Gasteiger partial charge on any atom is -0.308 e. The van der Waals surface area contributed by atoms with Gasteiger partial charge in [-0.15, -0.1) is 0 Å². The number of nitrogens with zero attached hydrogens (tertiary/aromatic N) is 4. The molecular formula is C41H28N4. The van der Waals surface area contributed by atoms with E-state index in [-0.39, 0.29) is 0 Å². The second-order valence-corrected chi connectivity index (χ2v) is 11.9. The summed E-state index contributed by atoms with van der Waals surface area (Å²) >= 11 is 0. The van der Waals surface area contributed by atoms with Gasteiger partial charge in [-0.3, -0.25) is 0 Å². The monoisotopic (exact) mass is 576 g/mol. The lowest BCUT2D eigenvalue weighted by atomic mass is 9.94. The Bertz CT molecular complexity index is 2600. The lowest BCUT2D eigenvalue weighted by molar-refractivity contribution is 1.12. The first-order valence-corrected chi connectivity index (χ1v) is 15.1. The van der Waals surface area contributed by atoms with Crippen molar-refractivity contribution >= 4 is 43.6 Å². The van der Waals surface area contributed by atoms with Crippen molar-refractivity contribution in [3.05, 3.63) is 143 Å². The van der Waals surface area contributed by atoms with Gasteiger partial charge in [-0.25, -0.2) is 0 Å². The van der Waals surface area contributed by atoms with Crippen LogP contribution in [0.5, 0.6) is 0 Å². The Morgan fingerprint density at radius 1 is 0.489 bits per heavy atom. The van der Waals surface area contributed by atoms with Crippen LogP contribution in [0.15, 0.2) is 115 Å². The molecule has 45 heavy (non-hydrogen) atoms. The van der Waals surface area contributed by atoms with Gasteiger partial charge in [0.1, 0.15) is 11.6 Å². The zero-order valence-electron chi connectivity index (χ0n) is 25.3. The molecule has 0 bridgehead atoms. The third kappa shape index (κ3) is 3.90. The highest BCUT2D eigenvalue weighted by molar-refractivity contribution is 6.12. The Balaban J connectivity index is 1.58. The van der Waals surface area contributed by atoms with Gasteiger partial charge in [-0.05, 0) is 85.5 Å². The summed E-state index contributed by atoms with van der Waals surface area (Å²) in [4.78, 5) is 0. The van der Waals surface area contributed by atoms with Crippen LogP contribution in [-0.4, -0.2) is 9.13 Å². The molecule has 8 aromatic rings. The van der Waals surface area contributed by atoms with Gasteiger partial charge in [0.15, 0.2) is 0 Å². The molecule has 0 N–H and O–H groups in total. The van der Waals surface area contributed by atoms with Gasteiger partial charge in [0.05, 0.1) is 45.1 Å². The van der Waals surface area contributed by atoms with Gasteiger partial charge < -0.3 is 9.13 Å². The standard InChI is InChI=1S/C41H28N4/c1-25-12-15-32-30-8-4-6-10-36(30)44(39(32)20-25)38-19-18-34(29-17-14-28(23-42)22-27(29)3)41(35(38)24-43)45-37-11-7-5-9-31(37)33-16-13-26(2)21-40(33)45/h4-22H,1-3H3. The van der Waals surface area contributed by atoms with E-state index in [0.717, 1.165) is 82.8 Å². The molecule has 0 saturated heterocycles. The highest BCUT2D eigenvalue weighted by Crippen LogP contribution is 2.42. The summed E-state index contributed by atoms with van der Waals surface area (Å²) < 4.78 is 4.51. The molecule has 0 aliphatic heterocycles. The van der Waals surface area contributed by atoms with Crippen molar-refractivity contribution in [2.24, 2.45) is 0 Å². The van der Waals surface area contributed by atoms with E-state index in [9.17, 15) is 10.5 Å². The summed E-state index contributed by atoms with van der Waals surface area (Å²) in [6.45, 7) is 6.25. The fraction of sp³-hybridized carbons (Fsp3) is 0.0732. The first-order valence-electron chi connectivity index (χ1n) is 15.1. The minimum atomic E-state index is 0.588. The van der Waals surface area contributed by atoms with E-state index >= 15 is 0 Å². The number of nitriles is 2. The number of fused-ring (bicyclic) bond motifs is 6. The highest BCUT2D eigenvalue weighted by atomic mass is 15.0. The normalized spacial score (nSPS) is 11.4. The molecule has 0 aliphatic rings. The summed E-state index contributed by atoms with van der Waals surface area (Å²) in [7, 11) is 0. The predicted molar refractivity (Wildman–Crippen MR) is 184 cm³/mol. The predicted octanol–water partition coefficient (Wildman–Crippen LogP) is 10.2. The van der Waals surface area contributed by atoms with Crippen molar-refractivity contribution in [1.29, 1.82) is 10.5 Å². The molecule has 0 unspecified atom stereocenters. The van der Waals surface area contributed by atoms with Crippen molar-refractivity contribution in [3.8, 4) is 34.6 Å². The van der Waals surface area contributed by atoms with E-state index in [1.165, 1.54) is 0 Å². The third-order valence-corrected chi connectivity index (χ3v) is 9.04. The van der Waals surface area contributed by atoms with E-state index in [1.54, 1.807) is 0 Å². The molecule has 0 fully saturated rings. The van der Waals surface area contributed by atoms with E-state index in [2.05, 4.69) is 132 Å². The minimum absolute atomic E-state index is 0.588. The molecule has 0 spiro atoms. The van der Waals surface area contributed by atoms with Crippen LogP contribution in [0.25, 0.3) is 66.1 Å². The van der Waals surface area contributed by atoms with Crippen LogP contribution in [-0.2, 0) is 0 Å². The number of para-hydroxylation sites is 2. The van der Waals surface area contributed by atoms with Crippen molar-refractivity contribution in [1.82, 2.24) is 9.13 Å². The van der Waals surface area contributed by atoms with Gasteiger partial charge in [-0.1, -0.05) is 72.8 Å². The maximum Gasteiger partial charge on any atom is 0.104 e. The van der Waals surface area contributed by atoms with Crippen LogP contribution in [0.2, 0.25) is 0 Å². The fourth-order valence-corrected chi connectivity index (χ4v) is 7.02. The van der Waals surface area contributed by atoms with Gasteiger partial charge in [0.25, 0.3) is 0 Å². The summed E-state index contributed by atoms with van der Waals surface area (Å²) in [5, 5.41) is 25.4. The maximum atomic E-state index is 11.2. The Morgan fingerprint density at radius 3 is 1.64 bits per heavy atom. The van der Waals surface area contributed by atoms with Crippen LogP contribution in [0, 0.1) is 43.4 Å². The summed E-state index contributed by atoms with van der Waals surface area (Å²) in [5.41, 5.74) is 12.3. The summed E-state index contributed by atoms with van der Waals surface area (Å²) in [6.07, 6.45) is 0. The summed E-state index contributed by atoms with van der Waals surface area (Å²) in [5.74, 6) is 0. The lowest BCUT2D eigenvalue weighted by Crippen LogP contribution is -2.07. The molecule has 4 heteroatoms. The Labute approximate surface area is 261 Å². The molecule has 6 aromatic carbocycles. The molecule has 8 rings (SSSR count). The Kier molecular flexibility index (Phi) is 5.88. The van der Waals surface area contributed by atoms with E-state index < -0.39 is 0 Å². The molecule has 0 aliphatic carbocycles. The average Bonchev–Trinajstić information content (AvgIpc) is 3.55. The third-order valence-electron chi connectivity index (χ3n) is 9.04. The first kappa shape index (κ1) is 26.5. The number of hydrogen-bond donors (Lipinski definition) is 0. The Morgan fingerprint density at radius 2 is 1.04 bits per heavy atom. The van der Waals surface area contributed by atoms with Crippen LogP contribution in [0.1, 0.15) is 27.8 Å². The highest BCUT2D eigenvalue weighted by Gasteiger charge is 2.24. The van der Waals surface area contributed by atoms with Crippen LogP contribution < -0.4 is 0 Å². The second kappa shape index (κ2) is 9.98. The number of hydrogen-bond acceptors (Lipinski definition) is 2. The zero-order chi connectivity index (χ0) is 30.8. The maximum absolute atomic E-state index is 11.2. The molecule has 0 radical (unpaired) electrons.